The molecule has 0 aliphatic heterocycles. The van der Waals surface area contributed by atoms with Crippen LogP contribution < -0.4 is 5.32 Å². The molecule has 2 N–H and O–H groups in total. The van der Waals surface area contributed by atoms with Crippen molar-refractivity contribution in [3.8, 4) is 0 Å². The van der Waals surface area contributed by atoms with E-state index in [2.05, 4.69) is 25.4 Å². The van der Waals surface area contributed by atoms with Gasteiger partial charge in [-0.3, -0.25) is 4.79 Å². The van der Waals surface area contributed by atoms with Crippen LogP contribution in [0.3, 0.4) is 0 Å². The summed E-state index contributed by atoms with van der Waals surface area (Å²) in [5.74, 6) is 1.42. The van der Waals surface area contributed by atoms with Gasteiger partial charge in [-0.1, -0.05) is 40.7 Å². The monoisotopic (exact) mass is 441 g/mol. The number of aromatic nitrogens is 4. The Morgan fingerprint density at radius 3 is 2.93 bits per heavy atom. The molecule has 0 unspecified atom stereocenters. The Kier molecular flexibility index (Phi) is 6.06. The van der Waals surface area contributed by atoms with Gasteiger partial charge in [0.1, 0.15) is 0 Å². The lowest BCUT2D eigenvalue weighted by molar-refractivity contribution is -0.116. The Labute approximate surface area is 182 Å². The summed E-state index contributed by atoms with van der Waals surface area (Å²) in [6.45, 7) is 3.96. The molecule has 0 fully saturated rings. The normalized spacial score (nSPS) is 11.2. The molecule has 30 heavy (non-hydrogen) atoms. The third kappa shape index (κ3) is 5.01. The molecule has 0 aliphatic carbocycles. The van der Waals surface area contributed by atoms with Gasteiger partial charge in [0.25, 0.3) is 0 Å². The molecule has 0 bridgehead atoms. The molecule has 2 aromatic heterocycles. The zero-order chi connectivity index (χ0) is 21.1. The summed E-state index contributed by atoms with van der Waals surface area (Å²) in [5.41, 5.74) is 4.69. The average Bonchev–Trinajstić information content (AvgIpc) is 3.33. The number of nitrogens with one attached hydrogen (secondary N) is 2. The highest BCUT2D eigenvalue weighted by molar-refractivity contribution is 7.98. The van der Waals surface area contributed by atoms with Gasteiger partial charge < -0.3 is 14.8 Å². The lowest BCUT2D eigenvalue weighted by Gasteiger charge is -2.08. The third-order valence-electron chi connectivity index (χ3n) is 4.50. The van der Waals surface area contributed by atoms with E-state index >= 15 is 0 Å². The summed E-state index contributed by atoms with van der Waals surface area (Å²) >= 11 is 7.47. The predicted octanol–water partition coefficient (Wildman–Crippen LogP) is 5.08. The van der Waals surface area contributed by atoms with E-state index in [0.717, 1.165) is 33.0 Å². The number of thioether (sulfide) groups is 1. The number of aromatic amines is 1. The Bertz CT molecular complexity index is 1200. The Morgan fingerprint density at radius 1 is 1.20 bits per heavy atom. The largest absolute Gasteiger partial charge is 0.339 e. The molecule has 0 saturated carbocycles. The molecular formula is C21H20ClN5O2S. The number of hydrogen-bond donors (Lipinski definition) is 2. The molecule has 0 aliphatic rings. The summed E-state index contributed by atoms with van der Waals surface area (Å²) in [4.78, 5) is 24.3. The molecule has 2 aromatic carbocycles. The maximum absolute atomic E-state index is 12.2. The number of aryl methyl sites for hydroxylation is 3. The number of carbonyl (C=O) groups excluding carboxylic acids is 1. The van der Waals surface area contributed by atoms with Crippen LogP contribution in [0.1, 0.15) is 29.3 Å². The van der Waals surface area contributed by atoms with E-state index in [9.17, 15) is 4.79 Å². The average molecular weight is 442 g/mol. The Morgan fingerprint density at radius 2 is 2.07 bits per heavy atom. The van der Waals surface area contributed by atoms with E-state index in [4.69, 9.17) is 16.1 Å². The Balaban J connectivity index is 1.29. The molecule has 7 nitrogen and oxygen atoms in total. The summed E-state index contributed by atoms with van der Waals surface area (Å²) in [6.07, 6.45) is 0.657. The first-order valence-corrected chi connectivity index (χ1v) is 10.8. The fourth-order valence-corrected chi connectivity index (χ4v) is 3.81. The zero-order valence-corrected chi connectivity index (χ0v) is 18.1. The lowest BCUT2D eigenvalue weighted by atomic mass is 10.1. The van der Waals surface area contributed by atoms with Crippen molar-refractivity contribution >= 4 is 46.0 Å². The second-order valence-corrected chi connectivity index (χ2v) is 8.36. The fourth-order valence-electron chi connectivity index (χ4n) is 2.91. The van der Waals surface area contributed by atoms with Gasteiger partial charge in [-0.05, 0) is 49.2 Å². The molecule has 154 valence electrons. The first-order valence-electron chi connectivity index (χ1n) is 9.43. The summed E-state index contributed by atoms with van der Waals surface area (Å²) in [7, 11) is 0. The van der Waals surface area contributed by atoms with Crippen LogP contribution in [0, 0.1) is 13.8 Å². The molecule has 0 atom stereocenters. The SMILES string of the molecule is Cc1ccc(C)c(NC(=O)CCc2nc(CSc3nc4ccc(Cl)cc4[nH]3)no2)c1. The highest BCUT2D eigenvalue weighted by atomic mass is 35.5. The molecule has 0 saturated heterocycles. The molecule has 2 heterocycles. The van der Waals surface area contributed by atoms with E-state index < -0.39 is 0 Å². The van der Waals surface area contributed by atoms with Crippen LogP contribution in [-0.2, 0) is 17.0 Å². The van der Waals surface area contributed by atoms with E-state index in [-0.39, 0.29) is 12.3 Å². The maximum atomic E-state index is 12.2. The molecule has 9 heteroatoms. The maximum Gasteiger partial charge on any atom is 0.227 e. The molecule has 4 rings (SSSR count). The lowest BCUT2D eigenvalue weighted by Crippen LogP contribution is -2.13. The quantitative estimate of drug-likeness (QED) is 0.388. The van der Waals surface area contributed by atoms with Gasteiger partial charge in [0.2, 0.25) is 11.8 Å². The molecule has 0 radical (unpaired) electrons. The van der Waals surface area contributed by atoms with Crippen molar-refractivity contribution in [2.24, 2.45) is 0 Å². The summed E-state index contributed by atoms with van der Waals surface area (Å²) < 4.78 is 5.27. The van der Waals surface area contributed by atoms with Gasteiger partial charge in [-0.2, -0.15) is 4.98 Å². The van der Waals surface area contributed by atoms with Crippen molar-refractivity contribution in [1.82, 2.24) is 20.1 Å². The standard InChI is InChI=1S/C21H20ClN5O2S/c1-12-3-4-13(2)16(9-12)23-19(28)7-8-20-26-18(27-29-20)11-30-21-24-15-6-5-14(22)10-17(15)25-21/h3-6,9-10H,7-8,11H2,1-2H3,(H,23,28)(H,24,25). The molecular weight excluding hydrogens is 422 g/mol. The van der Waals surface area contributed by atoms with E-state index in [1.165, 1.54) is 11.8 Å². The van der Waals surface area contributed by atoms with Crippen LogP contribution in [-0.4, -0.2) is 26.0 Å². The van der Waals surface area contributed by atoms with Crippen LogP contribution in [0.5, 0.6) is 0 Å². The third-order valence-corrected chi connectivity index (χ3v) is 5.61. The minimum Gasteiger partial charge on any atom is -0.339 e. The second kappa shape index (κ2) is 8.89. The van der Waals surface area contributed by atoms with Crippen molar-refractivity contribution in [3.05, 3.63) is 64.3 Å². The summed E-state index contributed by atoms with van der Waals surface area (Å²) in [6, 6.07) is 11.5. The topological polar surface area (TPSA) is 96.7 Å². The van der Waals surface area contributed by atoms with Crippen LogP contribution in [0.25, 0.3) is 11.0 Å². The van der Waals surface area contributed by atoms with Gasteiger partial charge in [0.15, 0.2) is 11.0 Å². The van der Waals surface area contributed by atoms with Gasteiger partial charge in [-0.25, -0.2) is 4.98 Å². The highest BCUT2D eigenvalue weighted by Gasteiger charge is 2.12. The van der Waals surface area contributed by atoms with Gasteiger partial charge in [0.05, 0.1) is 16.8 Å². The van der Waals surface area contributed by atoms with Crippen molar-refractivity contribution in [3.63, 3.8) is 0 Å². The first kappa shape index (κ1) is 20.4. The Hall–Kier alpha value is -2.84. The van der Waals surface area contributed by atoms with Crippen molar-refractivity contribution in [1.29, 1.82) is 0 Å². The number of H-pyrrole nitrogens is 1. The number of nitrogens with zero attached hydrogens (tertiary/aromatic N) is 3. The minimum absolute atomic E-state index is 0.0845. The minimum atomic E-state index is -0.0845. The van der Waals surface area contributed by atoms with E-state index in [1.54, 1.807) is 6.07 Å². The number of amides is 1. The number of benzene rings is 2. The highest BCUT2D eigenvalue weighted by Crippen LogP contribution is 2.24. The first-order chi connectivity index (χ1) is 14.5. The predicted molar refractivity (Wildman–Crippen MR) is 118 cm³/mol. The smallest absolute Gasteiger partial charge is 0.227 e. The number of fused-ring (bicyclic) bond motifs is 1. The van der Waals surface area contributed by atoms with Crippen molar-refractivity contribution < 1.29 is 9.32 Å². The number of halogens is 1. The van der Waals surface area contributed by atoms with Crippen LogP contribution >= 0.6 is 23.4 Å². The molecule has 0 spiro atoms. The number of imidazole rings is 1. The number of carbonyl (C=O) groups is 1. The fraction of sp³-hybridized carbons (Fsp3) is 0.238. The van der Waals surface area contributed by atoms with Gasteiger partial charge >= 0.3 is 0 Å². The van der Waals surface area contributed by atoms with Crippen LogP contribution in [0.2, 0.25) is 5.02 Å². The number of rotatable bonds is 7. The summed E-state index contributed by atoms with van der Waals surface area (Å²) in [5, 5.41) is 8.34. The van der Waals surface area contributed by atoms with Crippen molar-refractivity contribution in [2.45, 2.75) is 37.6 Å². The molecule has 1 amide bonds. The van der Waals surface area contributed by atoms with Gasteiger partial charge in [0, 0.05) is 23.6 Å². The number of hydrogen-bond acceptors (Lipinski definition) is 6. The number of anilines is 1. The molecule has 4 aromatic rings. The van der Waals surface area contributed by atoms with Crippen molar-refractivity contribution in [2.75, 3.05) is 5.32 Å². The zero-order valence-electron chi connectivity index (χ0n) is 16.5. The van der Waals surface area contributed by atoms with E-state index in [0.29, 0.717) is 28.9 Å². The van der Waals surface area contributed by atoms with Crippen LogP contribution in [0.15, 0.2) is 46.1 Å². The van der Waals surface area contributed by atoms with Gasteiger partial charge in [-0.15, -0.1) is 0 Å². The second-order valence-electron chi connectivity index (χ2n) is 6.96. The van der Waals surface area contributed by atoms with E-state index in [1.807, 2.05) is 44.2 Å². The van der Waals surface area contributed by atoms with Crippen LogP contribution in [0.4, 0.5) is 5.69 Å².